The molecule has 4 aromatic rings. The van der Waals surface area contributed by atoms with E-state index in [1.807, 2.05) is 72.8 Å². The van der Waals surface area contributed by atoms with Crippen LogP contribution in [0.5, 0.6) is 17.2 Å². The Hall–Kier alpha value is -3.29. The predicted molar refractivity (Wildman–Crippen MR) is 126 cm³/mol. The number of hydrogen-bond donors (Lipinski definition) is 1. The third-order valence-corrected chi connectivity index (χ3v) is 6.88. The van der Waals surface area contributed by atoms with Crippen LogP contribution in [0.15, 0.2) is 109 Å². The van der Waals surface area contributed by atoms with Crippen LogP contribution in [0.3, 0.4) is 0 Å². The highest BCUT2D eigenvalue weighted by atomic mass is 31.1. The summed E-state index contributed by atoms with van der Waals surface area (Å²) in [6, 6.07) is 35.7. The molecule has 0 aromatic heterocycles. The van der Waals surface area contributed by atoms with Crippen LogP contribution < -0.4 is 25.4 Å². The first-order valence-corrected chi connectivity index (χ1v) is 10.9. The predicted octanol–water partition coefficient (Wildman–Crippen LogP) is 4.85. The zero-order chi connectivity index (χ0) is 21.2. The monoisotopic (exact) mass is 416 g/mol. The Morgan fingerprint density at radius 3 is 1.10 bits per heavy atom. The van der Waals surface area contributed by atoms with Crippen molar-refractivity contribution in [2.24, 2.45) is 0 Å². The van der Waals surface area contributed by atoms with Gasteiger partial charge >= 0.3 is 0 Å². The van der Waals surface area contributed by atoms with Gasteiger partial charge in [0.15, 0.2) is 0 Å². The summed E-state index contributed by atoms with van der Waals surface area (Å²) in [5.74, 6) is 1.96. The Morgan fingerprint density at radius 1 is 0.500 bits per heavy atom. The van der Waals surface area contributed by atoms with E-state index in [4.69, 9.17) is 9.47 Å². The van der Waals surface area contributed by atoms with Gasteiger partial charge in [0.25, 0.3) is 0 Å². The van der Waals surface area contributed by atoms with Crippen molar-refractivity contribution in [3.05, 3.63) is 109 Å². The average Bonchev–Trinajstić information content (AvgIpc) is 2.83. The summed E-state index contributed by atoms with van der Waals surface area (Å²) in [7, 11) is 2.62. The van der Waals surface area contributed by atoms with Crippen LogP contribution in [0.4, 0.5) is 0 Å². The number of aromatic hydroxyl groups is 1. The molecular formula is C26H25O3P. The summed E-state index contributed by atoms with van der Waals surface area (Å²) >= 11 is 0. The molecule has 0 fully saturated rings. The van der Waals surface area contributed by atoms with Crippen LogP contribution >= 0.6 is 7.92 Å². The van der Waals surface area contributed by atoms with Gasteiger partial charge in [-0.05, 0) is 60.2 Å². The minimum absolute atomic E-state index is 0.276. The van der Waals surface area contributed by atoms with E-state index in [-0.39, 0.29) is 5.75 Å². The van der Waals surface area contributed by atoms with E-state index in [9.17, 15) is 5.11 Å². The molecule has 0 aliphatic rings. The number of phenols is 1. The van der Waals surface area contributed by atoms with Crippen molar-refractivity contribution in [2.75, 3.05) is 14.2 Å². The molecule has 1 N–H and O–H groups in total. The Morgan fingerprint density at radius 2 is 0.800 bits per heavy atom. The van der Waals surface area contributed by atoms with Crippen molar-refractivity contribution in [1.29, 1.82) is 0 Å². The van der Waals surface area contributed by atoms with Crippen LogP contribution in [0, 0.1) is 0 Å². The summed E-state index contributed by atoms with van der Waals surface area (Å²) in [5.41, 5.74) is 0. The SMILES string of the molecule is COc1ccc(P(c2ccc(O)cc2)c2ccc(OC)cc2)cc1.c1ccccc1. The second kappa shape index (κ2) is 11.0. The number of methoxy groups -OCH3 is 2. The van der Waals surface area contributed by atoms with Gasteiger partial charge in [0.05, 0.1) is 14.2 Å². The van der Waals surface area contributed by atoms with Crippen molar-refractivity contribution in [3.8, 4) is 17.2 Å². The van der Waals surface area contributed by atoms with E-state index in [1.54, 1.807) is 26.4 Å². The Labute approximate surface area is 179 Å². The summed E-state index contributed by atoms with van der Waals surface area (Å²) < 4.78 is 10.5. The molecule has 0 radical (unpaired) electrons. The third kappa shape index (κ3) is 5.85. The fourth-order valence-electron chi connectivity index (χ4n) is 2.90. The van der Waals surface area contributed by atoms with Crippen molar-refractivity contribution >= 4 is 23.8 Å². The van der Waals surface area contributed by atoms with Gasteiger partial charge in [-0.15, -0.1) is 0 Å². The van der Waals surface area contributed by atoms with E-state index in [0.717, 1.165) is 11.5 Å². The van der Waals surface area contributed by atoms with Gasteiger partial charge in [0, 0.05) is 0 Å². The van der Waals surface area contributed by atoms with Crippen molar-refractivity contribution in [2.45, 2.75) is 0 Å². The summed E-state index contributed by atoms with van der Waals surface area (Å²) in [6.45, 7) is 0. The first kappa shape index (κ1) is 21.4. The van der Waals surface area contributed by atoms with Crippen molar-refractivity contribution in [1.82, 2.24) is 0 Å². The van der Waals surface area contributed by atoms with Crippen LogP contribution in [0.25, 0.3) is 0 Å². The van der Waals surface area contributed by atoms with E-state index in [2.05, 4.69) is 24.3 Å². The van der Waals surface area contributed by atoms with Gasteiger partial charge in [-0.2, -0.15) is 0 Å². The van der Waals surface area contributed by atoms with Gasteiger partial charge in [0.2, 0.25) is 0 Å². The Kier molecular flexibility index (Phi) is 7.88. The van der Waals surface area contributed by atoms with E-state index in [1.165, 1.54) is 15.9 Å². The molecule has 4 aromatic carbocycles. The number of benzene rings is 4. The maximum atomic E-state index is 9.59. The molecular weight excluding hydrogens is 391 g/mol. The standard InChI is InChI=1S/C20H19O3P.C6H6/c1-22-16-5-11-19(12-6-16)24(18-9-3-15(21)4-10-18)20-13-7-17(23-2)8-14-20;1-2-4-6-5-3-1/h3-14,21H,1-2H3;1-6H. The minimum atomic E-state index is -0.715. The first-order chi connectivity index (χ1) is 14.7. The molecule has 30 heavy (non-hydrogen) atoms. The Balaban J connectivity index is 0.000000367. The highest BCUT2D eigenvalue weighted by Gasteiger charge is 2.16. The van der Waals surface area contributed by atoms with Gasteiger partial charge < -0.3 is 14.6 Å². The number of phenolic OH excluding ortho intramolecular Hbond substituents is 1. The van der Waals surface area contributed by atoms with Crippen LogP contribution in [0.1, 0.15) is 0 Å². The molecule has 4 heteroatoms. The molecule has 4 rings (SSSR count). The van der Waals surface area contributed by atoms with Crippen LogP contribution in [0.2, 0.25) is 0 Å². The second-order valence-corrected chi connectivity index (χ2v) is 8.62. The molecule has 0 atom stereocenters. The minimum Gasteiger partial charge on any atom is -0.508 e. The third-order valence-electron chi connectivity index (χ3n) is 4.44. The molecule has 0 aliphatic carbocycles. The van der Waals surface area contributed by atoms with Crippen LogP contribution in [-0.4, -0.2) is 19.3 Å². The van der Waals surface area contributed by atoms with E-state index >= 15 is 0 Å². The van der Waals surface area contributed by atoms with E-state index in [0.29, 0.717) is 0 Å². The summed E-state index contributed by atoms with van der Waals surface area (Å²) in [6.07, 6.45) is 0. The molecule has 0 bridgehead atoms. The number of rotatable bonds is 5. The fourth-order valence-corrected chi connectivity index (χ4v) is 5.13. The molecule has 0 saturated carbocycles. The highest BCUT2D eigenvalue weighted by Crippen LogP contribution is 2.34. The molecule has 0 heterocycles. The second-order valence-electron chi connectivity index (χ2n) is 6.40. The smallest absolute Gasteiger partial charge is 0.118 e. The quantitative estimate of drug-likeness (QED) is 0.473. The highest BCUT2D eigenvalue weighted by molar-refractivity contribution is 7.79. The molecule has 152 valence electrons. The summed E-state index contributed by atoms with van der Waals surface area (Å²) in [4.78, 5) is 0. The van der Waals surface area contributed by atoms with Gasteiger partial charge in [-0.25, -0.2) is 0 Å². The summed E-state index contributed by atoms with van der Waals surface area (Å²) in [5, 5.41) is 13.2. The lowest BCUT2D eigenvalue weighted by Crippen LogP contribution is -2.20. The van der Waals surface area contributed by atoms with Gasteiger partial charge in [0.1, 0.15) is 17.2 Å². The molecule has 0 unspecified atom stereocenters. The molecule has 0 amide bonds. The maximum Gasteiger partial charge on any atom is 0.118 e. The molecule has 0 saturated heterocycles. The molecule has 3 nitrogen and oxygen atoms in total. The molecule has 0 aliphatic heterocycles. The first-order valence-electron chi connectivity index (χ1n) is 9.58. The zero-order valence-electron chi connectivity index (χ0n) is 17.1. The van der Waals surface area contributed by atoms with Crippen LogP contribution in [-0.2, 0) is 0 Å². The lowest BCUT2D eigenvalue weighted by Gasteiger charge is -2.20. The van der Waals surface area contributed by atoms with Crippen molar-refractivity contribution < 1.29 is 14.6 Å². The van der Waals surface area contributed by atoms with Gasteiger partial charge in [-0.3, -0.25) is 0 Å². The molecule has 0 spiro atoms. The average molecular weight is 416 g/mol. The van der Waals surface area contributed by atoms with Gasteiger partial charge in [-0.1, -0.05) is 72.8 Å². The lowest BCUT2D eigenvalue weighted by atomic mass is 10.3. The number of hydrogen-bond acceptors (Lipinski definition) is 3. The maximum absolute atomic E-state index is 9.59. The normalized spacial score (nSPS) is 10.1. The van der Waals surface area contributed by atoms with E-state index < -0.39 is 7.92 Å². The van der Waals surface area contributed by atoms with Crippen molar-refractivity contribution in [3.63, 3.8) is 0 Å². The Bertz CT molecular complexity index is 925. The fraction of sp³-hybridized carbons (Fsp3) is 0.0769. The zero-order valence-corrected chi connectivity index (χ0v) is 18.0. The lowest BCUT2D eigenvalue weighted by molar-refractivity contribution is 0.415. The topological polar surface area (TPSA) is 38.7 Å². The largest absolute Gasteiger partial charge is 0.508 e. The number of ether oxygens (including phenoxy) is 2.